The minimum absolute atomic E-state index is 0.0102. The first-order valence-electron chi connectivity index (χ1n) is 7.90. The van der Waals surface area contributed by atoms with E-state index in [1.165, 1.54) is 16.3 Å². The van der Waals surface area contributed by atoms with Crippen LogP contribution >= 0.6 is 11.8 Å². The Kier molecular flexibility index (Phi) is 4.89. The van der Waals surface area contributed by atoms with E-state index >= 15 is 0 Å². The van der Waals surface area contributed by atoms with E-state index in [1.807, 2.05) is 6.92 Å². The summed E-state index contributed by atoms with van der Waals surface area (Å²) in [4.78, 5) is 29.3. The number of fused-ring (bicyclic) bond motifs is 1. The molecule has 0 spiro atoms. The zero-order valence-electron chi connectivity index (χ0n) is 13.8. The summed E-state index contributed by atoms with van der Waals surface area (Å²) in [7, 11) is 0. The van der Waals surface area contributed by atoms with Gasteiger partial charge in [0.25, 0.3) is 5.56 Å². The minimum Gasteiger partial charge on any atom is -0.323 e. The average Bonchev–Trinajstić information content (AvgIpc) is 2.94. The molecule has 0 aliphatic carbocycles. The van der Waals surface area contributed by atoms with Gasteiger partial charge in [-0.2, -0.15) is 0 Å². The lowest BCUT2D eigenvalue weighted by Crippen LogP contribution is -2.30. The number of amides is 1. The van der Waals surface area contributed by atoms with Crippen molar-refractivity contribution in [2.24, 2.45) is 0 Å². The lowest BCUT2D eigenvalue weighted by atomic mass is 10.1. The van der Waals surface area contributed by atoms with Crippen LogP contribution < -0.4 is 10.9 Å². The van der Waals surface area contributed by atoms with E-state index < -0.39 is 17.5 Å². The van der Waals surface area contributed by atoms with E-state index in [1.54, 1.807) is 6.92 Å². The maximum atomic E-state index is 13.6. The Bertz CT molecular complexity index is 898. The van der Waals surface area contributed by atoms with Crippen LogP contribution in [0.15, 0.2) is 28.2 Å². The molecule has 8 heteroatoms. The average molecular weight is 365 g/mol. The van der Waals surface area contributed by atoms with Crippen LogP contribution in [0.2, 0.25) is 0 Å². The van der Waals surface area contributed by atoms with E-state index in [9.17, 15) is 18.4 Å². The third-order valence-electron chi connectivity index (χ3n) is 4.13. The molecular formula is C17H17F2N3O2S. The summed E-state index contributed by atoms with van der Waals surface area (Å²) in [6, 6.07) is 2.50. The van der Waals surface area contributed by atoms with Crippen LogP contribution in [0.25, 0.3) is 0 Å². The van der Waals surface area contributed by atoms with Gasteiger partial charge in [0.15, 0.2) is 5.16 Å². The first kappa shape index (κ1) is 17.6. The van der Waals surface area contributed by atoms with Crippen molar-refractivity contribution in [2.45, 2.75) is 37.9 Å². The SMILES string of the molecule is CCc1c(C)nc2n(c1=O)C(CC(=O)Nc1cc(F)ccc1F)CS2. The van der Waals surface area contributed by atoms with Crippen molar-refractivity contribution in [3.8, 4) is 0 Å². The summed E-state index contributed by atoms with van der Waals surface area (Å²) < 4.78 is 28.4. The molecule has 1 atom stereocenters. The maximum Gasteiger partial charge on any atom is 0.257 e. The molecule has 5 nitrogen and oxygen atoms in total. The first-order valence-corrected chi connectivity index (χ1v) is 8.89. The van der Waals surface area contributed by atoms with Crippen molar-refractivity contribution >= 4 is 23.4 Å². The smallest absolute Gasteiger partial charge is 0.257 e. The van der Waals surface area contributed by atoms with Crippen LogP contribution in [0.4, 0.5) is 14.5 Å². The van der Waals surface area contributed by atoms with Crippen molar-refractivity contribution in [2.75, 3.05) is 11.1 Å². The Morgan fingerprint density at radius 2 is 2.20 bits per heavy atom. The summed E-state index contributed by atoms with van der Waals surface area (Å²) in [5.41, 5.74) is 0.996. The molecule has 1 aliphatic heterocycles. The largest absolute Gasteiger partial charge is 0.323 e. The number of rotatable bonds is 4. The highest BCUT2D eigenvalue weighted by Crippen LogP contribution is 2.33. The molecule has 0 fully saturated rings. The highest BCUT2D eigenvalue weighted by atomic mass is 32.2. The van der Waals surface area contributed by atoms with E-state index in [0.717, 1.165) is 18.2 Å². The number of thioether (sulfide) groups is 1. The quantitative estimate of drug-likeness (QED) is 0.846. The van der Waals surface area contributed by atoms with Crippen molar-refractivity contribution < 1.29 is 13.6 Å². The number of aromatic nitrogens is 2. The van der Waals surface area contributed by atoms with E-state index in [4.69, 9.17) is 0 Å². The number of hydrogen-bond donors (Lipinski definition) is 1. The van der Waals surface area contributed by atoms with Crippen LogP contribution in [-0.2, 0) is 11.2 Å². The van der Waals surface area contributed by atoms with Gasteiger partial charge in [0.05, 0.1) is 11.7 Å². The van der Waals surface area contributed by atoms with Crippen molar-refractivity contribution in [3.05, 3.63) is 51.4 Å². The second-order valence-electron chi connectivity index (χ2n) is 5.83. The fourth-order valence-corrected chi connectivity index (χ4v) is 4.07. The molecule has 0 saturated heterocycles. The number of nitrogens with one attached hydrogen (secondary N) is 1. The van der Waals surface area contributed by atoms with E-state index in [2.05, 4.69) is 10.3 Å². The van der Waals surface area contributed by atoms with Crippen LogP contribution in [0.3, 0.4) is 0 Å². The first-order chi connectivity index (χ1) is 11.9. The molecule has 1 unspecified atom stereocenters. The fourth-order valence-electron chi connectivity index (χ4n) is 2.89. The molecule has 2 heterocycles. The van der Waals surface area contributed by atoms with Gasteiger partial charge in [-0.05, 0) is 25.5 Å². The summed E-state index contributed by atoms with van der Waals surface area (Å²) in [6.07, 6.45) is 0.555. The number of benzene rings is 1. The molecule has 1 aromatic heterocycles. The van der Waals surface area contributed by atoms with Gasteiger partial charge in [0, 0.05) is 29.5 Å². The summed E-state index contributed by atoms with van der Waals surface area (Å²) in [5, 5.41) is 2.96. The zero-order chi connectivity index (χ0) is 18.1. The third-order valence-corrected chi connectivity index (χ3v) is 5.23. The topological polar surface area (TPSA) is 64.0 Å². The molecule has 1 aliphatic rings. The molecule has 1 amide bonds. The molecule has 25 heavy (non-hydrogen) atoms. The Balaban J connectivity index is 1.81. The van der Waals surface area contributed by atoms with Gasteiger partial charge in [0.2, 0.25) is 5.91 Å². The Morgan fingerprint density at radius 3 is 2.92 bits per heavy atom. The Labute approximate surface area is 147 Å². The second-order valence-corrected chi connectivity index (χ2v) is 6.82. The van der Waals surface area contributed by atoms with Crippen LogP contribution in [0.1, 0.15) is 30.6 Å². The lowest BCUT2D eigenvalue weighted by Gasteiger charge is -2.15. The maximum absolute atomic E-state index is 13.6. The standard InChI is InChI=1S/C17H17F2N3O2S/c1-3-12-9(2)20-17-22(16(12)24)11(8-25-17)7-15(23)21-14-6-10(18)4-5-13(14)19/h4-6,11H,3,7-8H2,1-2H3,(H,21,23). The predicted molar refractivity (Wildman–Crippen MR) is 92.0 cm³/mol. The van der Waals surface area contributed by atoms with Crippen LogP contribution in [-0.4, -0.2) is 21.2 Å². The fraction of sp³-hybridized carbons (Fsp3) is 0.353. The lowest BCUT2D eigenvalue weighted by molar-refractivity contribution is -0.116. The van der Waals surface area contributed by atoms with Gasteiger partial charge in [-0.1, -0.05) is 18.7 Å². The number of halogens is 2. The van der Waals surface area contributed by atoms with Gasteiger partial charge in [-0.3, -0.25) is 14.2 Å². The van der Waals surface area contributed by atoms with Gasteiger partial charge in [-0.15, -0.1) is 0 Å². The molecular weight excluding hydrogens is 348 g/mol. The highest BCUT2D eigenvalue weighted by molar-refractivity contribution is 7.99. The normalized spacial score (nSPS) is 15.9. The third kappa shape index (κ3) is 3.44. The number of nitrogens with zero attached hydrogens (tertiary/aromatic N) is 2. The van der Waals surface area contributed by atoms with Gasteiger partial charge < -0.3 is 5.32 Å². The van der Waals surface area contributed by atoms with E-state index in [0.29, 0.717) is 28.6 Å². The summed E-state index contributed by atoms with van der Waals surface area (Å²) in [6.45, 7) is 3.68. The number of aryl methyl sites for hydroxylation is 1. The molecule has 1 N–H and O–H groups in total. The van der Waals surface area contributed by atoms with E-state index in [-0.39, 0.29) is 23.7 Å². The highest BCUT2D eigenvalue weighted by Gasteiger charge is 2.29. The van der Waals surface area contributed by atoms with Crippen molar-refractivity contribution in [1.29, 1.82) is 0 Å². The number of carbonyl (C=O) groups is 1. The van der Waals surface area contributed by atoms with Gasteiger partial charge in [0.1, 0.15) is 11.6 Å². The van der Waals surface area contributed by atoms with Gasteiger partial charge >= 0.3 is 0 Å². The molecule has 0 bridgehead atoms. The van der Waals surface area contributed by atoms with Crippen molar-refractivity contribution in [1.82, 2.24) is 9.55 Å². The van der Waals surface area contributed by atoms with Crippen LogP contribution in [0.5, 0.6) is 0 Å². The molecule has 0 radical (unpaired) electrons. The Hall–Kier alpha value is -2.22. The van der Waals surface area contributed by atoms with Crippen LogP contribution in [0, 0.1) is 18.6 Å². The number of anilines is 1. The monoisotopic (exact) mass is 365 g/mol. The second kappa shape index (κ2) is 6.95. The minimum atomic E-state index is -0.710. The number of carbonyl (C=O) groups excluding carboxylic acids is 1. The number of hydrogen-bond acceptors (Lipinski definition) is 4. The Morgan fingerprint density at radius 1 is 1.44 bits per heavy atom. The van der Waals surface area contributed by atoms with Crippen molar-refractivity contribution in [3.63, 3.8) is 0 Å². The molecule has 132 valence electrons. The molecule has 0 saturated carbocycles. The summed E-state index contributed by atoms with van der Waals surface area (Å²) >= 11 is 1.42. The molecule has 1 aromatic carbocycles. The zero-order valence-corrected chi connectivity index (χ0v) is 14.6. The summed E-state index contributed by atoms with van der Waals surface area (Å²) in [5.74, 6) is -1.29. The predicted octanol–water partition coefficient (Wildman–Crippen LogP) is 3.07. The molecule has 2 aromatic rings. The molecule has 3 rings (SSSR count). The van der Waals surface area contributed by atoms with Gasteiger partial charge in [-0.25, -0.2) is 13.8 Å².